The zero-order valence-electron chi connectivity index (χ0n) is 9.68. The highest BCUT2D eigenvalue weighted by Crippen LogP contribution is 2.55. The van der Waals surface area contributed by atoms with Crippen LogP contribution < -0.4 is 0 Å². The first-order chi connectivity index (χ1) is 6.44. The summed E-state index contributed by atoms with van der Waals surface area (Å²) in [5.41, 5.74) is 2.07. The predicted octanol–water partition coefficient (Wildman–Crippen LogP) is 4.53. The minimum Gasteiger partial charge on any atom is -0.120 e. The molecule has 0 radical (unpaired) electrons. The number of hydrogen-bond acceptors (Lipinski definition) is 1. The monoisotopic (exact) mass is 208 g/mol. The Morgan fingerprint density at radius 1 is 1.14 bits per heavy atom. The summed E-state index contributed by atoms with van der Waals surface area (Å²) in [6.07, 6.45) is 8.74. The van der Waals surface area contributed by atoms with Crippen LogP contribution in [0, 0.1) is 5.41 Å². The molecule has 0 aromatic carbocycles. The first-order valence-corrected chi connectivity index (χ1v) is 6.34. The largest absolute Gasteiger partial charge is 0.120 e. The van der Waals surface area contributed by atoms with Crippen LogP contribution in [0.5, 0.6) is 0 Å². The van der Waals surface area contributed by atoms with E-state index in [1.807, 2.05) is 0 Å². The fraction of sp³-hybridized carbons (Fsp3) is 0.692. The molecule has 1 fully saturated rings. The molecule has 14 heavy (non-hydrogen) atoms. The summed E-state index contributed by atoms with van der Waals surface area (Å²) in [6, 6.07) is 0. The van der Waals surface area contributed by atoms with Gasteiger partial charge in [0.05, 0.1) is 0 Å². The molecule has 1 unspecified atom stereocenters. The summed E-state index contributed by atoms with van der Waals surface area (Å²) in [6.45, 7) is 9.43. The maximum Gasteiger partial charge on any atom is 0.0392 e. The van der Waals surface area contributed by atoms with Gasteiger partial charge in [0.25, 0.3) is 0 Å². The van der Waals surface area contributed by atoms with Gasteiger partial charge < -0.3 is 0 Å². The van der Waals surface area contributed by atoms with E-state index in [2.05, 4.69) is 51.6 Å². The van der Waals surface area contributed by atoms with Crippen molar-refractivity contribution in [1.29, 1.82) is 0 Å². The molecule has 0 spiro atoms. The summed E-state index contributed by atoms with van der Waals surface area (Å²) in [7, 11) is 0. The smallest absolute Gasteiger partial charge is 0.0392 e. The van der Waals surface area contributed by atoms with Crippen LogP contribution in [0.25, 0.3) is 0 Å². The zero-order valence-corrected chi connectivity index (χ0v) is 10.5. The lowest BCUT2D eigenvalue weighted by atomic mass is 9.67. The second-order valence-electron chi connectivity index (χ2n) is 5.43. The van der Waals surface area contributed by atoms with Gasteiger partial charge in [0.2, 0.25) is 0 Å². The second-order valence-corrected chi connectivity index (χ2v) is 7.18. The number of allylic oxidation sites excluding steroid dienone is 3. The standard InChI is InChI=1S/C13H20S/c1-10-6-7-11-12(2,3)8-5-9-13(11,4)14-10/h6-7H,5,8-9H2,1-4H3. The lowest BCUT2D eigenvalue weighted by molar-refractivity contribution is 0.306. The number of thioether (sulfide) groups is 1. The molecular weight excluding hydrogens is 188 g/mol. The molecule has 1 aliphatic heterocycles. The maximum atomic E-state index is 2.42. The van der Waals surface area contributed by atoms with Crippen LogP contribution in [0.1, 0.15) is 47.0 Å². The van der Waals surface area contributed by atoms with E-state index in [0.717, 1.165) is 0 Å². The molecule has 0 N–H and O–H groups in total. The average molecular weight is 208 g/mol. The summed E-state index contributed by atoms with van der Waals surface area (Å²) in [5, 5.41) is 0. The summed E-state index contributed by atoms with van der Waals surface area (Å²) in [5.74, 6) is 0. The molecular formula is C13H20S. The Balaban J connectivity index is 2.42. The molecule has 2 rings (SSSR count). The van der Waals surface area contributed by atoms with Crippen LogP contribution in [0.2, 0.25) is 0 Å². The van der Waals surface area contributed by atoms with Gasteiger partial charge in [-0.15, -0.1) is 11.8 Å². The highest BCUT2D eigenvalue weighted by molar-refractivity contribution is 8.04. The van der Waals surface area contributed by atoms with Crippen molar-refractivity contribution < 1.29 is 0 Å². The van der Waals surface area contributed by atoms with Gasteiger partial charge in [-0.25, -0.2) is 0 Å². The molecule has 0 aromatic rings. The van der Waals surface area contributed by atoms with Crippen molar-refractivity contribution in [3.8, 4) is 0 Å². The van der Waals surface area contributed by atoms with Crippen molar-refractivity contribution in [2.24, 2.45) is 5.41 Å². The predicted molar refractivity (Wildman–Crippen MR) is 65.5 cm³/mol. The fourth-order valence-electron chi connectivity index (χ4n) is 2.95. The van der Waals surface area contributed by atoms with E-state index in [1.165, 1.54) is 24.2 Å². The normalized spacial score (nSPS) is 35.7. The molecule has 2 aliphatic rings. The molecule has 78 valence electrons. The SMILES string of the molecule is CC1=CC=C2C(C)(C)CCCC2(C)S1. The number of rotatable bonds is 0. The molecule has 0 nitrogen and oxygen atoms in total. The van der Waals surface area contributed by atoms with Gasteiger partial charge in [-0.1, -0.05) is 32.4 Å². The fourth-order valence-corrected chi connectivity index (χ4v) is 4.50. The van der Waals surface area contributed by atoms with E-state index in [-0.39, 0.29) is 0 Å². The van der Waals surface area contributed by atoms with E-state index in [9.17, 15) is 0 Å². The van der Waals surface area contributed by atoms with E-state index in [0.29, 0.717) is 10.2 Å². The summed E-state index contributed by atoms with van der Waals surface area (Å²) in [4.78, 5) is 1.47. The third kappa shape index (κ3) is 1.56. The van der Waals surface area contributed by atoms with Gasteiger partial charge in [-0.05, 0) is 42.6 Å². The topological polar surface area (TPSA) is 0 Å². The minimum absolute atomic E-state index is 0.389. The van der Waals surface area contributed by atoms with Crippen molar-refractivity contribution in [2.45, 2.75) is 51.7 Å². The number of hydrogen-bond donors (Lipinski definition) is 0. The first-order valence-electron chi connectivity index (χ1n) is 5.53. The van der Waals surface area contributed by atoms with Crippen molar-refractivity contribution in [2.75, 3.05) is 0 Å². The Kier molecular flexibility index (Phi) is 2.34. The number of fused-ring (bicyclic) bond motifs is 1. The molecule has 1 saturated carbocycles. The average Bonchev–Trinajstić information content (AvgIpc) is 2.00. The van der Waals surface area contributed by atoms with Crippen LogP contribution in [0.15, 0.2) is 22.6 Å². The third-order valence-corrected chi connectivity index (χ3v) is 4.96. The summed E-state index contributed by atoms with van der Waals surface area (Å²) >= 11 is 2.07. The Morgan fingerprint density at radius 2 is 1.86 bits per heavy atom. The van der Waals surface area contributed by atoms with Crippen LogP contribution in [0.4, 0.5) is 0 Å². The van der Waals surface area contributed by atoms with E-state index >= 15 is 0 Å². The molecule has 1 atom stereocenters. The molecule has 1 heteroatoms. The Morgan fingerprint density at radius 3 is 2.57 bits per heavy atom. The highest BCUT2D eigenvalue weighted by atomic mass is 32.2. The Bertz CT molecular complexity index is 309. The molecule has 1 heterocycles. The van der Waals surface area contributed by atoms with Crippen molar-refractivity contribution in [1.82, 2.24) is 0 Å². The van der Waals surface area contributed by atoms with Crippen LogP contribution in [0.3, 0.4) is 0 Å². The van der Waals surface area contributed by atoms with Crippen LogP contribution in [-0.2, 0) is 0 Å². The van der Waals surface area contributed by atoms with Gasteiger partial charge >= 0.3 is 0 Å². The van der Waals surface area contributed by atoms with E-state index in [1.54, 1.807) is 5.57 Å². The quantitative estimate of drug-likeness (QED) is 0.563. The molecule has 1 aliphatic carbocycles. The lowest BCUT2D eigenvalue weighted by Crippen LogP contribution is -2.38. The Hall–Kier alpha value is -0.170. The van der Waals surface area contributed by atoms with Gasteiger partial charge in [0.1, 0.15) is 0 Å². The van der Waals surface area contributed by atoms with E-state index in [4.69, 9.17) is 0 Å². The molecule has 0 saturated heterocycles. The van der Waals surface area contributed by atoms with Gasteiger partial charge in [0, 0.05) is 4.75 Å². The maximum absolute atomic E-state index is 2.42. The van der Waals surface area contributed by atoms with Gasteiger partial charge in [-0.2, -0.15) is 0 Å². The van der Waals surface area contributed by atoms with Crippen molar-refractivity contribution in [3.63, 3.8) is 0 Å². The highest BCUT2D eigenvalue weighted by Gasteiger charge is 2.42. The second kappa shape index (κ2) is 3.16. The first kappa shape index (κ1) is 10.4. The zero-order chi connectivity index (χ0) is 10.4. The Labute approximate surface area is 91.9 Å². The van der Waals surface area contributed by atoms with Crippen molar-refractivity contribution in [3.05, 3.63) is 22.6 Å². The lowest BCUT2D eigenvalue weighted by Gasteiger charge is -2.47. The summed E-state index contributed by atoms with van der Waals surface area (Å²) < 4.78 is 0.389. The molecule has 0 bridgehead atoms. The minimum atomic E-state index is 0.389. The van der Waals surface area contributed by atoms with Crippen molar-refractivity contribution >= 4 is 11.8 Å². The third-order valence-electron chi connectivity index (χ3n) is 3.63. The van der Waals surface area contributed by atoms with Crippen LogP contribution >= 0.6 is 11.8 Å². The van der Waals surface area contributed by atoms with E-state index < -0.39 is 0 Å². The van der Waals surface area contributed by atoms with Gasteiger partial charge in [-0.3, -0.25) is 0 Å². The molecule has 0 amide bonds. The van der Waals surface area contributed by atoms with Gasteiger partial charge in [0.15, 0.2) is 0 Å². The molecule has 0 aromatic heterocycles. The van der Waals surface area contributed by atoms with Crippen LogP contribution in [-0.4, -0.2) is 4.75 Å².